The minimum Gasteiger partial charge on any atom is -0.358 e. The van der Waals surface area contributed by atoms with Gasteiger partial charge in [0, 0.05) is 23.1 Å². The van der Waals surface area contributed by atoms with Gasteiger partial charge < -0.3 is 10.7 Å². The molecular weight excluding hydrogens is 172 g/mol. The molecule has 1 aromatic carbocycles. The molecule has 0 aliphatic rings. The Labute approximate surface area is 84.1 Å². The van der Waals surface area contributed by atoms with E-state index in [4.69, 9.17) is 5.73 Å². The number of hydrogen-bond acceptors (Lipinski definition) is 1. The van der Waals surface area contributed by atoms with Crippen LogP contribution >= 0.6 is 0 Å². The van der Waals surface area contributed by atoms with E-state index in [0.717, 1.165) is 6.42 Å². The number of aromatic nitrogens is 1. The molecule has 74 valence electrons. The SMILES string of the molecule is CCc1[nH]c2ccc(CN)cc2c1C. The van der Waals surface area contributed by atoms with E-state index in [9.17, 15) is 0 Å². The number of nitrogens with one attached hydrogen (secondary N) is 1. The highest BCUT2D eigenvalue weighted by Crippen LogP contribution is 2.23. The lowest BCUT2D eigenvalue weighted by molar-refractivity contribution is 1.05. The van der Waals surface area contributed by atoms with Crippen LogP contribution in [0.15, 0.2) is 18.2 Å². The van der Waals surface area contributed by atoms with Crippen molar-refractivity contribution >= 4 is 10.9 Å². The van der Waals surface area contributed by atoms with Crippen LogP contribution in [0, 0.1) is 6.92 Å². The number of aryl methyl sites for hydroxylation is 2. The van der Waals surface area contributed by atoms with E-state index >= 15 is 0 Å². The van der Waals surface area contributed by atoms with E-state index in [-0.39, 0.29) is 0 Å². The second-order valence-electron chi connectivity index (χ2n) is 3.67. The van der Waals surface area contributed by atoms with E-state index in [2.05, 4.69) is 37.0 Å². The van der Waals surface area contributed by atoms with Crippen LogP contribution in [0.5, 0.6) is 0 Å². The van der Waals surface area contributed by atoms with E-state index in [0.29, 0.717) is 6.54 Å². The fraction of sp³-hybridized carbons (Fsp3) is 0.333. The third-order valence-electron chi connectivity index (χ3n) is 2.82. The molecule has 1 heterocycles. The van der Waals surface area contributed by atoms with Crippen molar-refractivity contribution in [2.24, 2.45) is 5.73 Å². The molecule has 2 aromatic rings. The van der Waals surface area contributed by atoms with Crippen molar-refractivity contribution in [3.63, 3.8) is 0 Å². The maximum absolute atomic E-state index is 5.62. The van der Waals surface area contributed by atoms with E-state index in [1.54, 1.807) is 0 Å². The number of nitrogens with two attached hydrogens (primary N) is 1. The molecule has 0 amide bonds. The third kappa shape index (κ3) is 1.32. The quantitative estimate of drug-likeness (QED) is 0.747. The number of aromatic amines is 1. The first-order valence-electron chi connectivity index (χ1n) is 5.06. The molecule has 2 heteroatoms. The zero-order valence-electron chi connectivity index (χ0n) is 8.72. The monoisotopic (exact) mass is 188 g/mol. The lowest BCUT2D eigenvalue weighted by Gasteiger charge is -1.97. The maximum atomic E-state index is 5.62. The van der Waals surface area contributed by atoms with Crippen molar-refractivity contribution in [1.82, 2.24) is 4.98 Å². The first-order chi connectivity index (χ1) is 6.76. The number of rotatable bonds is 2. The molecular formula is C12H16N2. The van der Waals surface area contributed by atoms with Crippen molar-refractivity contribution in [2.45, 2.75) is 26.8 Å². The predicted octanol–water partition coefficient (Wildman–Crippen LogP) is 2.50. The van der Waals surface area contributed by atoms with Gasteiger partial charge >= 0.3 is 0 Å². The van der Waals surface area contributed by atoms with Gasteiger partial charge in [-0.1, -0.05) is 13.0 Å². The van der Waals surface area contributed by atoms with E-state index in [1.807, 2.05) is 0 Å². The summed E-state index contributed by atoms with van der Waals surface area (Å²) >= 11 is 0. The van der Waals surface area contributed by atoms with Gasteiger partial charge in [0.15, 0.2) is 0 Å². The molecule has 1 aromatic heterocycles. The Hall–Kier alpha value is -1.28. The molecule has 0 bridgehead atoms. The van der Waals surface area contributed by atoms with Gasteiger partial charge in [-0.2, -0.15) is 0 Å². The van der Waals surface area contributed by atoms with Crippen molar-refractivity contribution < 1.29 is 0 Å². The molecule has 0 saturated heterocycles. The number of hydrogen-bond donors (Lipinski definition) is 2. The van der Waals surface area contributed by atoms with Crippen molar-refractivity contribution in [1.29, 1.82) is 0 Å². The van der Waals surface area contributed by atoms with Crippen LogP contribution in [0.1, 0.15) is 23.7 Å². The molecule has 0 aliphatic heterocycles. The molecule has 0 spiro atoms. The minimum absolute atomic E-state index is 0.613. The predicted molar refractivity (Wildman–Crippen MR) is 60.3 cm³/mol. The van der Waals surface area contributed by atoms with Gasteiger partial charge in [0.25, 0.3) is 0 Å². The first kappa shape index (κ1) is 9.28. The molecule has 0 radical (unpaired) electrons. The van der Waals surface area contributed by atoms with Crippen LogP contribution < -0.4 is 5.73 Å². The number of fused-ring (bicyclic) bond motifs is 1. The summed E-state index contributed by atoms with van der Waals surface area (Å²) in [5.74, 6) is 0. The Morgan fingerprint density at radius 3 is 2.79 bits per heavy atom. The van der Waals surface area contributed by atoms with Crippen LogP contribution in [0.2, 0.25) is 0 Å². The zero-order chi connectivity index (χ0) is 10.1. The number of H-pyrrole nitrogens is 1. The lowest BCUT2D eigenvalue weighted by Crippen LogP contribution is -1.95. The van der Waals surface area contributed by atoms with Gasteiger partial charge in [-0.3, -0.25) is 0 Å². The second-order valence-corrected chi connectivity index (χ2v) is 3.67. The van der Waals surface area contributed by atoms with Gasteiger partial charge in [0.2, 0.25) is 0 Å². The normalized spacial score (nSPS) is 11.1. The van der Waals surface area contributed by atoms with Gasteiger partial charge in [-0.15, -0.1) is 0 Å². The largest absolute Gasteiger partial charge is 0.358 e. The Morgan fingerprint density at radius 2 is 2.14 bits per heavy atom. The third-order valence-corrected chi connectivity index (χ3v) is 2.82. The Bertz CT molecular complexity index is 455. The summed E-state index contributed by atoms with van der Waals surface area (Å²) in [6.45, 7) is 4.95. The van der Waals surface area contributed by atoms with E-state index < -0.39 is 0 Å². The Morgan fingerprint density at radius 1 is 1.36 bits per heavy atom. The van der Waals surface area contributed by atoms with Gasteiger partial charge in [-0.05, 0) is 36.6 Å². The summed E-state index contributed by atoms with van der Waals surface area (Å²) in [7, 11) is 0. The smallest absolute Gasteiger partial charge is 0.0459 e. The maximum Gasteiger partial charge on any atom is 0.0459 e. The van der Waals surface area contributed by atoms with Crippen LogP contribution in [0.25, 0.3) is 10.9 Å². The van der Waals surface area contributed by atoms with Gasteiger partial charge in [0.1, 0.15) is 0 Å². The molecule has 0 unspecified atom stereocenters. The second kappa shape index (κ2) is 3.46. The lowest BCUT2D eigenvalue weighted by atomic mass is 10.1. The molecule has 2 nitrogen and oxygen atoms in total. The molecule has 0 aliphatic carbocycles. The average molecular weight is 188 g/mol. The summed E-state index contributed by atoms with van der Waals surface area (Å²) in [4.78, 5) is 3.42. The topological polar surface area (TPSA) is 41.8 Å². The summed E-state index contributed by atoms with van der Waals surface area (Å²) in [6.07, 6.45) is 1.05. The molecule has 3 N–H and O–H groups in total. The molecule has 0 saturated carbocycles. The fourth-order valence-corrected chi connectivity index (χ4v) is 1.91. The highest BCUT2D eigenvalue weighted by molar-refractivity contribution is 5.85. The van der Waals surface area contributed by atoms with Crippen LogP contribution in [-0.2, 0) is 13.0 Å². The minimum atomic E-state index is 0.613. The summed E-state index contributed by atoms with van der Waals surface area (Å²) in [5, 5.41) is 1.31. The Balaban J connectivity index is 2.68. The first-order valence-corrected chi connectivity index (χ1v) is 5.06. The molecule has 14 heavy (non-hydrogen) atoms. The van der Waals surface area contributed by atoms with Crippen molar-refractivity contribution in [3.05, 3.63) is 35.0 Å². The van der Waals surface area contributed by atoms with Crippen LogP contribution in [0.4, 0.5) is 0 Å². The Kier molecular flexibility index (Phi) is 2.30. The standard InChI is InChI=1S/C12H16N2/c1-3-11-8(2)10-6-9(7-13)4-5-12(10)14-11/h4-6,14H,3,7,13H2,1-2H3. The average Bonchev–Trinajstić information content (AvgIpc) is 2.55. The van der Waals surface area contributed by atoms with E-state index in [1.165, 1.54) is 27.7 Å². The van der Waals surface area contributed by atoms with Crippen molar-refractivity contribution in [3.8, 4) is 0 Å². The summed E-state index contributed by atoms with van der Waals surface area (Å²) in [5.41, 5.74) is 10.7. The summed E-state index contributed by atoms with van der Waals surface area (Å²) in [6, 6.07) is 6.38. The molecule has 0 fully saturated rings. The highest BCUT2D eigenvalue weighted by atomic mass is 14.7. The zero-order valence-corrected chi connectivity index (χ0v) is 8.72. The molecule has 2 rings (SSSR count). The van der Waals surface area contributed by atoms with Crippen LogP contribution in [-0.4, -0.2) is 4.98 Å². The van der Waals surface area contributed by atoms with Crippen LogP contribution in [0.3, 0.4) is 0 Å². The van der Waals surface area contributed by atoms with Gasteiger partial charge in [-0.25, -0.2) is 0 Å². The van der Waals surface area contributed by atoms with Crippen molar-refractivity contribution in [2.75, 3.05) is 0 Å². The summed E-state index contributed by atoms with van der Waals surface area (Å²) < 4.78 is 0. The highest BCUT2D eigenvalue weighted by Gasteiger charge is 2.05. The fourth-order valence-electron chi connectivity index (χ4n) is 1.91. The van der Waals surface area contributed by atoms with Gasteiger partial charge in [0.05, 0.1) is 0 Å². The number of benzene rings is 1. The molecule has 0 atom stereocenters.